The van der Waals surface area contributed by atoms with Crippen LogP contribution in [0, 0.1) is 11.3 Å². The molecule has 0 spiro atoms. The van der Waals surface area contributed by atoms with Crippen LogP contribution in [0.5, 0.6) is 0 Å². The Hall–Kier alpha value is -1.39. The number of rotatable bonds is 4. The third-order valence-electron chi connectivity index (χ3n) is 7.67. The Morgan fingerprint density at radius 1 is 1.15 bits per heavy atom. The minimum atomic E-state index is -0.239. The molecule has 4 aliphatic heterocycles. The van der Waals surface area contributed by atoms with E-state index in [1.807, 2.05) is 0 Å². The maximum Gasteiger partial charge on any atom is 0.231 e. The van der Waals surface area contributed by atoms with Crippen LogP contribution in [-0.4, -0.2) is 61.1 Å². The number of methoxy groups -OCH3 is 1. The Kier molecular flexibility index (Phi) is 4.09. The van der Waals surface area contributed by atoms with Crippen LogP contribution in [-0.2, 0) is 9.53 Å². The first kappa shape index (κ1) is 16.8. The number of fused-ring (bicyclic) bond motifs is 2. The zero-order valence-corrected chi connectivity index (χ0v) is 15.8. The molecular weight excluding hydrogens is 324 g/mol. The van der Waals surface area contributed by atoms with E-state index in [-0.39, 0.29) is 5.41 Å². The lowest BCUT2D eigenvalue weighted by atomic mass is 9.67. The average molecular weight is 354 g/mol. The molecule has 4 heteroatoms. The highest BCUT2D eigenvalue weighted by Crippen LogP contribution is 2.50. The summed E-state index contributed by atoms with van der Waals surface area (Å²) in [6, 6.07) is 11.8. The molecule has 0 aromatic heterocycles. The summed E-state index contributed by atoms with van der Waals surface area (Å²) in [7, 11) is 1.74. The Morgan fingerprint density at radius 2 is 1.88 bits per heavy atom. The number of hydrogen-bond acceptors (Lipinski definition) is 3. The molecule has 6 rings (SSSR count). The number of nitrogens with zero attached hydrogens (tertiary/aromatic N) is 2. The van der Waals surface area contributed by atoms with Crippen molar-refractivity contribution in [3.05, 3.63) is 35.9 Å². The average Bonchev–Trinajstić information content (AvgIpc) is 3.09. The number of benzene rings is 1. The van der Waals surface area contributed by atoms with Crippen molar-refractivity contribution in [1.82, 2.24) is 9.80 Å². The third kappa shape index (κ3) is 2.38. The molecule has 0 radical (unpaired) electrons. The monoisotopic (exact) mass is 354 g/mol. The fourth-order valence-corrected chi connectivity index (χ4v) is 6.25. The number of likely N-dealkylation sites (tertiary alicyclic amines) is 1. The molecule has 0 unspecified atom stereocenters. The van der Waals surface area contributed by atoms with E-state index in [1.165, 1.54) is 31.5 Å². The summed E-state index contributed by atoms with van der Waals surface area (Å²) < 4.78 is 5.48. The Bertz CT molecular complexity index is 664. The molecule has 4 saturated heterocycles. The van der Waals surface area contributed by atoms with Gasteiger partial charge in [0.05, 0.1) is 18.1 Å². The van der Waals surface area contributed by atoms with Crippen LogP contribution in [0.3, 0.4) is 0 Å². The zero-order valence-electron chi connectivity index (χ0n) is 15.8. The first-order chi connectivity index (χ1) is 12.7. The van der Waals surface area contributed by atoms with Gasteiger partial charge in [0, 0.05) is 25.6 Å². The van der Waals surface area contributed by atoms with E-state index >= 15 is 0 Å². The number of hydrogen-bond donors (Lipinski definition) is 0. The summed E-state index contributed by atoms with van der Waals surface area (Å²) in [5.74, 6) is 1.52. The van der Waals surface area contributed by atoms with Gasteiger partial charge in [0.2, 0.25) is 5.91 Å². The molecule has 140 valence electrons. The Morgan fingerprint density at radius 3 is 2.50 bits per heavy atom. The van der Waals surface area contributed by atoms with E-state index in [0.717, 1.165) is 25.8 Å². The Labute approximate surface area is 156 Å². The van der Waals surface area contributed by atoms with Crippen molar-refractivity contribution >= 4 is 5.91 Å². The normalized spacial score (nSPS) is 37.3. The molecular formula is C22H30N2O2. The molecule has 2 bridgehead atoms. The fraction of sp³-hybridized carbons (Fsp3) is 0.682. The van der Waals surface area contributed by atoms with Gasteiger partial charge < -0.3 is 9.64 Å². The summed E-state index contributed by atoms with van der Waals surface area (Å²) >= 11 is 0. The van der Waals surface area contributed by atoms with E-state index in [0.29, 0.717) is 36.4 Å². The van der Waals surface area contributed by atoms with Gasteiger partial charge in [-0.25, -0.2) is 0 Å². The van der Waals surface area contributed by atoms with Crippen LogP contribution < -0.4 is 0 Å². The van der Waals surface area contributed by atoms with Crippen molar-refractivity contribution in [2.24, 2.45) is 11.3 Å². The predicted molar refractivity (Wildman–Crippen MR) is 101 cm³/mol. The first-order valence-corrected chi connectivity index (χ1v) is 10.3. The molecule has 1 aromatic carbocycles. The minimum absolute atomic E-state index is 0.239. The number of piperidine rings is 3. The van der Waals surface area contributed by atoms with Crippen LogP contribution >= 0.6 is 0 Å². The van der Waals surface area contributed by atoms with Crippen molar-refractivity contribution in [3.63, 3.8) is 0 Å². The molecule has 26 heavy (non-hydrogen) atoms. The quantitative estimate of drug-likeness (QED) is 0.833. The van der Waals surface area contributed by atoms with Crippen molar-refractivity contribution < 1.29 is 9.53 Å². The molecule has 4 heterocycles. The van der Waals surface area contributed by atoms with Crippen molar-refractivity contribution in [1.29, 1.82) is 0 Å². The summed E-state index contributed by atoms with van der Waals surface area (Å²) in [6.45, 7) is 3.89. The van der Waals surface area contributed by atoms with Gasteiger partial charge in [-0.15, -0.1) is 0 Å². The van der Waals surface area contributed by atoms with Crippen LogP contribution in [0.25, 0.3) is 0 Å². The molecule has 4 nitrogen and oxygen atoms in total. The van der Waals surface area contributed by atoms with Crippen LogP contribution in [0.2, 0.25) is 0 Å². The topological polar surface area (TPSA) is 32.8 Å². The van der Waals surface area contributed by atoms with E-state index in [1.54, 1.807) is 7.11 Å². The highest BCUT2D eigenvalue weighted by molar-refractivity contribution is 5.85. The lowest BCUT2D eigenvalue weighted by Gasteiger charge is -2.52. The van der Waals surface area contributed by atoms with E-state index in [2.05, 4.69) is 40.1 Å². The largest absolute Gasteiger partial charge is 0.384 e. The van der Waals surface area contributed by atoms with Crippen molar-refractivity contribution in [2.45, 2.75) is 50.1 Å². The standard InChI is InChI=1S/C22H30N2O2/c1-26-15-22(10-5-11-22)21(25)24-14-18(16-6-3-2-4-7-16)20-19(24)17-8-12-23(20)13-9-17/h2-4,6-7,17-20H,5,8-15H2,1H3/t18-,19-,20-/m1/s1. The fourth-order valence-electron chi connectivity index (χ4n) is 6.25. The highest BCUT2D eigenvalue weighted by Gasteiger charge is 2.58. The van der Waals surface area contributed by atoms with Gasteiger partial charge in [-0.1, -0.05) is 36.8 Å². The zero-order chi connectivity index (χ0) is 17.7. The summed E-state index contributed by atoms with van der Waals surface area (Å²) in [4.78, 5) is 18.7. The molecule has 1 aliphatic carbocycles. The molecule has 1 amide bonds. The van der Waals surface area contributed by atoms with E-state index in [4.69, 9.17) is 4.74 Å². The molecule has 0 N–H and O–H groups in total. The molecule has 1 saturated carbocycles. The second kappa shape index (κ2) is 6.35. The van der Waals surface area contributed by atoms with E-state index in [9.17, 15) is 4.79 Å². The number of ether oxygens (including phenoxy) is 1. The summed E-state index contributed by atoms with van der Waals surface area (Å²) in [5.41, 5.74) is 1.16. The van der Waals surface area contributed by atoms with Crippen LogP contribution in [0.1, 0.15) is 43.6 Å². The summed E-state index contributed by atoms with van der Waals surface area (Å²) in [6.07, 6.45) is 5.66. The number of carbonyl (C=O) groups excluding carboxylic acids is 1. The number of carbonyl (C=O) groups is 1. The SMILES string of the molecule is COCC1(C(=O)N2C[C@H](c3ccccc3)[C@@H]3[C@H]2C2CCN3CC2)CCC1. The van der Waals surface area contributed by atoms with Gasteiger partial charge in [0.25, 0.3) is 0 Å². The van der Waals surface area contributed by atoms with Gasteiger partial charge in [-0.05, 0) is 50.3 Å². The first-order valence-electron chi connectivity index (χ1n) is 10.3. The van der Waals surface area contributed by atoms with Crippen LogP contribution in [0.15, 0.2) is 30.3 Å². The van der Waals surface area contributed by atoms with Gasteiger partial charge in [-0.3, -0.25) is 9.69 Å². The second-order valence-electron chi connectivity index (χ2n) is 8.90. The van der Waals surface area contributed by atoms with E-state index < -0.39 is 0 Å². The highest BCUT2D eigenvalue weighted by atomic mass is 16.5. The molecule has 1 aromatic rings. The maximum atomic E-state index is 13.7. The van der Waals surface area contributed by atoms with Gasteiger partial charge in [-0.2, -0.15) is 0 Å². The van der Waals surface area contributed by atoms with Gasteiger partial charge in [0.1, 0.15) is 0 Å². The molecule has 5 fully saturated rings. The minimum Gasteiger partial charge on any atom is -0.384 e. The lowest BCUT2D eigenvalue weighted by Crippen LogP contribution is -2.62. The van der Waals surface area contributed by atoms with Crippen LogP contribution in [0.4, 0.5) is 0 Å². The smallest absolute Gasteiger partial charge is 0.231 e. The van der Waals surface area contributed by atoms with Gasteiger partial charge in [0.15, 0.2) is 0 Å². The lowest BCUT2D eigenvalue weighted by molar-refractivity contribution is -0.156. The van der Waals surface area contributed by atoms with Gasteiger partial charge >= 0.3 is 0 Å². The second-order valence-corrected chi connectivity index (χ2v) is 8.90. The maximum absolute atomic E-state index is 13.7. The number of amides is 1. The molecule has 5 aliphatic rings. The predicted octanol–water partition coefficient (Wildman–Crippen LogP) is 2.89. The van der Waals surface area contributed by atoms with Crippen molar-refractivity contribution in [2.75, 3.05) is 33.4 Å². The summed E-state index contributed by atoms with van der Waals surface area (Å²) in [5, 5.41) is 0. The molecule has 3 atom stereocenters. The third-order valence-corrected chi connectivity index (χ3v) is 7.67. The van der Waals surface area contributed by atoms with Crippen molar-refractivity contribution in [3.8, 4) is 0 Å². The Balaban J connectivity index is 1.49.